The molecule has 33 heavy (non-hydrogen) atoms. The van der Waals surface area contributed by atoms with Gasteiger partial charge < -0.3 is 21.3 Å². The zero-order valence-electron chi connectivity index (χ0n) is 19.7. The number of likely N-dealkylation sites (tertiary alicyclic amines) is 1. The summed E-state index contributed by atoms with van der Waals surface area (Å²) < 4.78 is 0. The van der Waals surface area contributed by atoms with E-state index in [1.54, 1.807) is 4.90 Å². The Labute approximate surface area is 196 Å². The second kappa shape index (κ2) is 11.8. The smallest absolute Gasteiger partial charge is 0.243 e. The summed E-state index contributed by atoms with van der Waals surface area (Å²) in [6, 6.07) is 12.8. The number of rotatable bonds is 10. The summed E-state index contributed by atoms with van der Waals surface area (Å²) in [6.07, 6.45) is 3.28. The van der Waals surface area contributed by atoms with Gasteiger partial charge in [0.15, 0.2) is 0 Å². The van der Waals surface area contributed by atoms with Crippen LogP contribution in [-0.2, 0) is 20.8 Å². The Bertz CT molecular complexity index is 973. The van der Waals surface area contributed by atoms with Crippen molar-refractivity contribution in [3.63, 3.8) is 0 Å². The number of carbonyl (C=O) groups is 3. The highest BCUT2D eigenvalue weighted by Gasteiger charge is 2.37. The van der Waals surface area contributed by atoms with Crippen molar-refractivity contribution in [3.05, 3.63) is 48.0 Å². The van der Waals surface area contributed by atoms with Crippen molar-refractivity contribution < 1.29 is 14.4 Å². The Morgan fingerprint density at radius 2 is 1.82 bits per heavy atom. The first-order valence-corrected chi connectivity index (χ1v) is 12.0. The van der Waals surface area contributed by atoms with Gasteiger partial charge in [0.1, 0.15) is 12.1 Å². The number of hydrogen-bond acceptors (Lipinski definition) is 4. The van der Waals surface area contributed by atoms with Gasteiger partial charge in [0.05, 0.1) is 0 Å². The van der Waals surface area contributed by atoms with Crippen molar-refractivity contribution in [2.75, 3.05) is 19.6 Å². The lowest BCUT2D eigenvalue weighted by molar-refractivity contribution is -0.142. The van der Waals surface area contributed by atoms with Crippen LogP contribution in [0, 0.1) is 5.92 Å². The fourth-order valence-electron chi connectivity index (χ4n) is 4.57. The van der Waals surface area contributed by atoms with Crippen molar-refractivity contribution in [3.8, 4) is 0 Å². The fraction of sp³-hybridized carbons (Fsp3) is 0.500. The van der Waals surface area contributed by atoms with E-state index in [9.17, 15) is 14.4 Å². The van der Waals surface area contributed by atoms with Gasteiger partial charge >= 0.3 is 0 Å². The molecule has 0 bridgehead atoms. The van der Waals surface area contributed by atoms with Gasteiger partial charge in [-0.1, -0.05) is 56.3 Å². The maximum absolute atomic E-state index is 13.2. The first-order valence-electron chi connectivity index (χ1n) is 12.0. The van der Waals surface area contributed by atoms with Gasteiger partial charge in [-0.3, -0.25) is 14.4 Å². The first kappa shape index (κ1) is 24.7. The zero-order valence-corrected chi connectivity index (χ0v) is 19.7. The molecule has 2 unspecified atom stereocenters. The van der Waals surface area contributed by atoms with Crippen LogP contribution in [0.5, 0.6) is 0 Å². The summed E-state index contributed by atoms with van der Waals surface area (Å²) in [5.41, 5.74) is 6.51. The Kier molecular flexibility index (Phi) is 8.83. The van der Waals surface area contributed by atoms with Crippen LogP contribution in [0.25, 0.3) is 10.8 Å². The Hall–Kier alpha value is -2.93. The van der Waals surface area contributed by atoms with Gasteiger partial charge in [-0.05, 0) is 42.0 Å². The largest absolute Gasteiger partial charge is 0.353 e. The molecule has 3 rings (SSSR count). The van der Waals surface area contributed by atoms with Crippen LogP contribution in [0.3, 0.4) is 0 Å². The molecule has 0 radical (unpaired) electrons. The molecule has 1 aliphatic heterocycles. The van der Waals surface area contributed by atoms with Gasteiger partial charge in [0.25, 0.3) is 0 Å². The van der Waals surface area contributed by atoms with Gasteiger partial charge in [-0.2, -0.15) is 0 Å². The highest BCUT2D eigenvalue weighted by molar-refractivity contribution is 5.93. The molecule has 1 heterocycles. The van der Waals surface area contributed by atoms with Crippen molar-refractivity contribution in [2.24, 2.45) is 11.7 Å². The predicted octanol–water partition coefficient (Wildman–Crippen LogP) is 2.37. The molecule has 1 fully saturated rings. The number of nitrogens with zero attached hydrogens (tertiary/aromatic N) is 1. The van der Waals surface area contributed by atoms with Crippen LogP contribution in [0.1, 0.15) is 45.1 Å². The van der Waals surface area contributed by atoms with E-state index in [1.165, 1.54) is 0 Å². The van der Waals surface area contributed by atoms with Crippen molar-refractivity contribution >= 4 is 28.5 Å². The number of nitrogens with one attached hydrogen (secondary N) is 2. The third kappa shape index (κ3) is 6.11. The quantitative estimate of drug-likeness (QED) is 0.515. The molecule has 0 spiro atoms. The third-order valence-electron chi connectivity index (χ3n) is 6.50. The minimum absolute atomic E-state index is 0.0383. The first-order chi connectivity index (χ1) is 16.0. The highest BCUT2D eigenvalue weighted by Crippen LogP contribution is 2.23. The molecule has 0 saturated carbocycles. The van der Waals surface area contributed by atoms with E-state index in [0.29, 0.717) is 32.5 Å². The van der Waals surface area contributed by atoms with E-state index in [1.807, 2.05) is 56.3 Å². The topological polar surface area (TPSA) is 105 Å². The average Bonchev–Trinajstić information content (AvgIpc) is 3.33. The molecule has 1 saturated heterocycles. The van der Waals surface area contributed by atoms with Crippen LogP contribution in [0.4, 0.5) is 0 Å². The third-order valence-corrected chi connectivity index (χ3v) is 6.50. The fourth-order valence-corrected chi connectivity index (χ4v) is 4.57. The molecule has 2 aromatic carbocycles. The zero-order chi connectivity index (χ0) is 23.8. The van der Waals surface area contributed by atoms with E-state index in [2.05, 4.69) is 10.6 Å². The van der Waals surface area contributed by atoms with Gasteiger partial charge in [0, 0.05) is 32.0 Å². The summed E-state index contributed by atoms with van der Waals surface area (Å²) in [5, 5.41) is 7.94. The molecule has 7 heteroatoms. The minimum atomic E-state index is -0.740. The van der Waals surface area contributed by atoms with E-state index < -0.39 is 12.1 Å². The van der Waals surface area contributed by atoms with E-state index in [4.69, 9.17) is 5.73 Å². The van der Waals surface area contributed by atoms with E-state index in [0.717, 1.165) is 35.6 Å². The molecule has 2 atom stereocenters. The van der Waals surface area contributed by atoms with E-state index in [-0.39, 0.29) is 23.6 Å². The number of nitrogens with two attached hydrogens (primary N) is 1. The lowest BCUT2D eigenvalue weighted by Crippen LogP contribution is -2.54. The van der Waals surface area contributed by atoms with Crippen LogP contribution in [-0.4, -0.2) is 54.3 Å². The molecule has 2 aromatic rings. The maximum Gasteiger partial charge on any atom is 0.243 e. The monoisotopic (exact) mass is 452 g/mol. The average molecular weight is 453 g/mol. The Balaban J connectivity index is 1.76. The number of fused-ring (bicyclic) bond motifs is 1. The van der Waals surface area contributed by atoms with Gasteiger partial charge in [0.2, 0.25) is 17.7 Å². The molecule has 4 N–H and O–H groups in total. The molecule has 7 nitrogen and oxygen atoms in total. The number of carbonyl (C=O) groups excluding carboxylic acids is 3. The molecule has 3 amide bonds. The summed E-state index contributed by atoms with van der Waals surface area (Å²) >= 11 is 0. The molecular formula is C26H36N4O3. The van der Waals surface area contributed by atoms with Crippen molar-refractivity contribution in [2.45, 2.75) is 58.0 Å². The Morgan fingerprint density at radius 1 is 1.09 bits per heavy atom. The summed E-state index contributed by atoms with van der Waals surface area (Å²) in [6.45, 7) is 5.24. The second-order valence-corrected chi connectivity index (χ2v) is 8.73. The number of amides is 3. The highest BCUT2D eigenvalue weighted by atomic mass is 16.2. The number of hydrogen-bond donors (Lipinski definition) is 3. The Morgan fingerprint density at radius 3 is 2.52 bits per heavy atom. The maximum atomic E-state index is 13.2. The molecule has 0 aromatic heterocycles. The second-order valence-electron chi connectivity index (χ2n) is 8.73. The molecule has 178 valence electrons. The summed E-state index contributed by atoms with van der Waals surface area (Å²) in [7, 11) is 0. The molecule has 0 aliphatic carbocycles. The van der Waals surface area contributed by atoms with Crippen LogP contribution in [0.2, 0.25) is 0 Å². The van der Waals surface area contributed by atoms with Crippen LogP contribution < -0.4 is 16.4 Å². The van der Waals surface area contributed by atoms with Gasteiger partial charge in [-0.25, -0.2) is 0 Å². The van der Waals surface area contributed by atoms with Crippen molar-refractivity contribution in [1.82, 2.24) is 15.5 Å². The normalized spacial score (nSPS) is 16.7. The predicted molar refractivity (Wildman–Crippen MR) is 130 cm³/mol. The standard InChI is InChI=1S/C26H36N4O3/c1-3-19(4-2)26(33)30-15-7-10-23(30)25(32)29-22(24(31)28-14-13-27)17-18-11-12-20-8-5-6-9-21(20)16-18/h5-6,8-9,11-12,16,19,22-23H,3-4,7,10,13-15,17,27H2,1-2H3,(H,28,31)(H,29,32). The minimum Gasteiger partial charge on any atom is -0.353 e. The lowest BCUT2D eigenvalue weighted by Gasteiger charge is -2.29. The summed E-state index contributed by atoms with van der Waals surface area (Å²) in [4.78, 5) is 40.8. The SMILES string of the molecule is CCC(CC)C(=O)N1CCCC1C(=O)NC(Cc1ccc2ccccc2c1)C(=O)NCCN. The van der Waals surface area contributed by atoms with Gasteiger partial charge in [-0.15, -0.1) is 0 Å². The van der Waals surface area contributed by atoms with Crippen LogP contribution in [0.15, 0.2) is 42.5 Å². The lowest BCUT2D eigenvalue weighted by atomic mass is 10.00. The van der Waals surface area contributed by atoms with Crippen molar-refractivity contribution in [1.29, 1.82) is 0 Å². The molecule has 1 aliphatic rings. The molecular weight excluding hydrogens is 416 g/mol. The number of benzene rings is 2. The summed E-state index contributed by atoms with van der Waals surface area (Å²) in [5.74, 6) is -0.561. The van der Waals surface area contributed by atoms with E-state index >= 15 is 0 Å². The van der Waals surface area contributed by atoms with Crippen LogP contribution >= 0.6 is 0 Å².